The molecule has 0 heterocycles. The SMILES string of the molecule is CCCc1cc(O)c(F)cc1CC(CC)C(=O)O. The van der Waals surface area contributed by atoms with E-state index in [0.717, 1.165) is 12.0 Å². The predicted octanol–water partition coefficient (Wildman–Crippen LogP) is 3.14. The van der Waals surface area contributed by atoms with E-state index in [-0.39, 0.29) is 5.75 Å². The lowest BCUT2D eigenvalue weighted by molar-refractivity contribution is -0.141. The number of aryl methyl sites for hydroxylation is 1. The number of phenolic OH excluding ortho intramolecular Hbond substituents is 1. The van der Waals surface area contributed by atoms with E-state index in [1.165, 1.54) is 12.1 Å². The average Bonchev–Trinajstić information content (AvgIpc) is 2.31. The summed E-state index contributed by atoms with van der Waals surface area (Å²) in [6, 6.07) is 2.66. The minimum Gasteiger partial charge on any atom is -0.505 e. The number of halogens is 1. The highest BCUT2D eigenvalue weighted by atomic mass is 19.1. The minimum absolute atomic E-state index is 0.304. The molecule has 2 N–H and O–H groups in total. The zero-order valence-electron chi connectivity index (χ0n) is 10.7. The maximum Gasteiger partial charge on any atom is 0.306 e. The number of aliphatic carboxylic acids is 1. The summed E-state index contributed by atoms with van der Waals surface area (Å²) >= 11 is 0. The van der Waals surface area contributed by atoms with Gasteiger partial charge >= 0.3 is 5.97 Å². The Morgan fingerprint density at radius 2 is 2.00 bits per heavy atom. The lowest BCUT2D eigenvalue weighted by Crippen LogP contribution is -2.16. The molecule has 1 atom stereocenters. The lowest BCUT2D eigenvalue weighted by Gasteiger charge is -2.14. The van der Waals surface area contributed by atoms with Gasteiger partial charge in [0.05, 0.1) is 5.92 Å². The van der Waals surface area contributed by atoms with E-state index >= 15 is 0 Å². The van der Waals surface area contributed by atoms with Gasteiger partial charge in [-0.25, -0.2) is 4.39 Å². The first-order valence-corrected chi connectivity index (χ1v) is 6.22. The highest BCUT2D eigenvalue weighted by Gasteiger charge is 2.18. The van der Waals surface area contributed by atoms with Crippen LogP contribution in [0.2, 0.25) is 0 Å². The van der Waals surface area contributed by atoms with Crippen LogP contribution >= 0.6 is 0 Å². The quantitative estimate of drug-likeness (QED) is 0.820. The van der Waals surface area contributed by atoms with E-state index in [1.54, 1.807) is 6.92 Å². The smallest absolute Gasteiger partial charge is 0.306 e. The number of carbonyl (C=O) groups is 1. The highest BCUT2D eigenvalue weighted by Crippen LogP contribution is 2.25. The van der Waals surface area contributed by atoms with E-state index < -0.39 is 17.7 Å². The molecule has 0 saturated heterocycles. The molecule has 0 aliphatic carbocycles. The van der Waals surface area contributed by atoms with Gasteiger partial charge in [-0.3, -0.25) is 4.79 Å². The maximum absolute atomic E-state index is 13.4. The van der Waals surface area contributed by atoms with Gasteiger partial charge in [-0.15, -0.1) is 0 Å². The largest absolute Gasteiger partial charge is 0.505 e. The third-order valence-electron chi connectivity index (χ3n) is 3.10. The number of aromatic hydroxyl groups is 1. The van der Waals surface area contributed by atoms with Gasteiger partial charge in [0.1, 0.15) is 0 Å². The van der Waals surface area contributed by atoms with E-state index in [9.17, 15) is 14.3 Å². The Morgan fingerprint density at radius 1 is 1.33 bits per heavy atom. The Balaban J connectivity index is 3.05. The fourth-order valence-electron chi connectivity index (χ4n) is 2.01. The molecule has 0 amide bonds. The maximum atomic E-state index is 13.4. The average molecular weight is 254 g/mol. The van der Waals surface area contributed by atoms with Gasteiger partial charge in [0, 0.05) is 0 Å². The van der Waals surface area contributed by atoms with Crippen LogP contribution in [0.25, 0.3) is 0 Å². The van der Waals surface area contributed by atoms with Crippen molar-refractivity contribution >= 4 is 5.97 Å². The second-order valence-electron chi connectivity index (χ2n) is 4.47. The summed E-state index contributed by atoms with van der Waals surface area (Å²) in [7, 11) is 0. The summed E-state index contributed by atoms with van der Waals surface area (Å²) in [5.74, 6) is -2.44. The summed E-state index contributed by atoms with van der Waals surface area (Å²) in [5.41, 5.74) is 1.51. The molecule has 18 heavy (non-hydrogen) atoms. The van der Waals surface area contributed by atoms with E-state index in [1.807, 2.05) is 6.92 Å². The molecule has 1 aromatic carbocycles. The zero-order chi connectivity index (χ0) is 13.7. The molecule has 0 spiro atoms. The number of carboxylic acids is 1. The van der Waals surface area contributed by atoms with Crippen LogP contribution in [-0.2, 0) is 17.6 Å². The van der Waals surface area contributed by atoms with Crippen LogP contribution < -0.4 is 0 Å². The van der Waals surface area contributed by atoms with Gasteiger partial charge in [-0.05, 0) is 42.5 Å². The third kappa shape index (κ3) is 3.45. The van der Waals surface area contributed by atoms with E-state index in [0.29, 0.717) is 24.8 Å². The Kier molecular flexibility index (Phi) is 5.13. The van der Waals surface area contributed by atoms with Gasteiger partial charge in [0.15, 0.2) is 11.6 Å². The van der Waals surface area contributed by atoms with Crippen molar-refractivity contribution in [3.05, 3.63) is 29.1 Å². The first-order valence-electron chi connectivity index (χ1n) is 6.22. The van der Waals surface area contributed by atoms with Crippen LogP contribution in [-0.4, -0.2) is 16.2 Å². The van der Waals surface area contributed by atoms with Crippen LogP contribution in [0.15, 0.2) is 12.1 Å². The Labute approximate surface area is 106 Å². The summed E-state index contributed by atoms with van der Waals surface area (Å²) in [6.45, 7) is 3.79. The Morgan fingerprint density at radius 3 is 2.50 bits per heavy atom. The minimum atomic E-state index is -0.867. The molecule has 0 aromatic heterocycles. The fourth-order valence-corrected chi connectivity index (χ4v) is 2.01. The topological polar surface area (TPSA) is 57.5 Å². The Hall–Kier alpha value is -1.58. The van der Waals surface area contributed by atoms with E-state index in [4.69, 9.17) is 5.11 Å². The van der Waals surface area contributed by atoms with Gasteiger partial charge in [0.2, 0.25) is 0 Å². The molecule has 100 valence electrons. The lowest BCUT2D eigenvalue weighted by atomic mass is 9.92. The molecule has 0 fully saturated rings. The summed E-state index contributed by atoms with van der Waals surface area (Å²) in [4.78, 5) is 11.0. The molecule has 4 heteroatoms. The molecule has 3 nitrogen and oxygen atoms in total. The van der Waals surface area contributed by atoms with Crippen molar-refractivity contribution in [1.82, 2.24) is 0 Å². The zero-order valence-corrected chi connectivity index (χ0v) is 10.7. The second-order valence-corrected chi connectivity index (χ2v) is 4.47. The Bertz CT molecular complexity index is 429. The monoisotopic (exact) mass is 254 g/mol. The van der Waals surface area contributed by atoms with Crippen LogP contribution in [0.5, 0.6) is 5.75 Å². The molecular formula is C14H19FO3. The molecular weight excluding hydrogens is 235 g/mol. The normalized spacial score (nSPS) is 12.4. The standard InChI is InChI=1S/C14H19FO3/c1-3-5-10-8-13(16)12(15)7-11(10)6-9(4-2)14(17)18/h7-9,16H,3-6H2,1-2H3,(H,17,18). The molecule has 1 unspecified atom stereocenters. The molecule has 0 aliphatic heterocycles. The van der Waals surface area contributed by atoms with Gasteiger partial charge in [0.25, 0.3) is 0 Å². The van der Waals surface area contributed by atoms with Crippen molar-refractivity contribution in [3.63, 3.8) is 0 Å². The van der Waals surface area contributed by atoms with Gasteiger partial charge < -0.3 is 10.2 Å². The summed E-state index contributed by atoms with van der Waals surface area (Å²) in [6.07, 6.45) is 2.38. The van der Waals surface area contributed by atoms with Crippen LogP contribution in [0.3, 0.4) is 0 Å². The van der Waals surface area contributed by atoms with Crippen molar-refractivity contribution < 1.29 is 19.4 Å². The van der Waals surface area contributed by atoms with Gasteiger partial charge in [-0.2, -0.15) is 0 Å². The number of phenols is 1. The summed E-state index contributed by atoms with van der Waals surface area (Å²) in [5, 5.41) is 18.4. The fraction of sp³-hybridized carbons (Fsp3) is 0.500. The van der Waals surface area contributed by atoms with Gasteiger partial charge in [-0.1, -0.05) is 20.3 Å². The second kappa shape index (κ2) is 6.38. The van der Waals surface area contributed by atoms with Crippen molar-refractivity contribution in [2.45, 2.75) is 39.5 Å². The highest BCUT2D eigenvalue weighted by molar-refractivity contribution is 5.70. The van der Waals surface area contributed by atoms with Crippen LogP contribution in [0.1, 0.15) is 37.8 Å². The van der Waals surface area contributed by atoms with Crippen molar-refractivity contribution in [2.24, 2.45) is 5.92 Å². The molecule has 0 bridgehead atoms. The first kappa shape index (κ1) is 14.5. The molecule has 0 radical (unpaired) electrons. The molecule has 1 rings (SSSR count). The van der Waals surface area contributed by atoms with Crippen molar-refractivity contribution in [1.29, 1.82) is 0 Å². The number of rotatable bonds is 6. The molecule has 0 saturated carbocycles. The van der Waals surface area contributed by atoms with Crippen molar-refractivity contribution in [2.75, 3.05) is 0 Å². The number of hydrogen-bond acceptors (Lipinski definition) is 2. The van der Waals surface area contributed by atoms with E-state index in [2.05, 4.69) is 0 Å². The third-order valence-corrected chi connectivity index (χ3v) is 3.10. The summed E-state index contributed by atoms with van der Waals surface area (Å²) < 4.78 is 13.4. The van der Waals surface area contributed by atoms with Crippen LogP contribution in [0, 0.1) is 11.7 Å². The van der Waals surface area contributed by atoms with Crippen molar-refractivity contribution in [3.8, 4) is 5.75 Å². The first-order chi connectivity index (χ1) is 8.49. The predicted molar refractivity (Wildman–Crippen MR) is 67.2 cm³/mol. The van der Waals surface area contributed by atoms with Crippen LogP contribution in [0.4, 0.5) is 4.39 Å². The molecule has 0 aliphatic rings. The molecule has 1 aromatic rings. The number of carboxylic acid groups (broad SMARTS) is 1. The number of hydrogen-bond donors (Lipinski definition) is 2. The number of benzene rings is 1.